The van der Waals surface area contributed by atoms with Crippen molar-refractivity contribution < 1.29 is 9.53 Å². The summed E-state index contributed by atoms with van der Waals surface area (Å²) < 4.78 is 6.10. The van der Waals surface area contributed by atoms with E-state index >= 15 is 0 Å². The van der Waals surface area contributed by atoms with Crippen LogP contribution in [-0.4, -0.2) is 35.0 Å². The normalized spacial score (nSPS) is 33.0. The van der Waals surface area contributed by atoms with Gasteiger partial charge in [-0.15, -0.1) is 0 Å². The van der Waals surface area contributed by atoms with Gasteiger partial charge in [-0.05, 0) is 50.0 Å². The van der Waals surface area contributed by atoms with Crippen LogP contribution in [0.2, 0.25) is 0 Å². The number of ketones is 1. The summed E-state index contributed by atoms with van der Waals surface area (Å²) in [6.07, 6.45) is 9.29. The number of carbonyl (C=O) groups excluding carboxylic acids is 1. The fourth-order valence-corrected chi connectivity index (χ4v) is 5.42. The van der Waals surface area contributed by atoms with Gasteiger partial charge in [-0.25, -0.2) is 0 Å². The molecule has 3 fully saturated rings. The summed E-state index contributed by atoms with van der Waals surface area (Å²) in [5.74, 6) is 2.84. The number of nitrogens with two attached hydrogens (primary N) is 1. The Morgan fingerprint density at radius 1 is 1.10 bits per heavy atom. The molecule has 1 spiro atoms. The predicted octanol–water partition coefficient (Wildman–Crippen LogP) is 2.91. The third-order valence-electron chi connectivity index (χ3n) is 5.50. The molecule has 1 aliphatic carbocycles. The number of hydrogen-bond donors (Lipinski definition) is 1. The molecule has 2 N–H and O–H groups in total. The molecule has 3 aliphatic rings. The highest BCUT2D eigenvalue weighted by Crippen LogP contribution is 2.42. The molecule has 0 radical (unpaired) electrons. The van der Waals surface area contributed by atoms with Gasteiger partial charge < -0.3 is 10.5 Å². The highest BCUT2D eigenvalue weighted by Gasteiger charge is 2.45. The Kier molecular flexibility index (Phi) is 4.44. The van der Waals surface area contributed by atoms with E-state index in [1.54, 1.807) is 0 Å². The van der Waals surface area contributed by atoms with Gasteiger partial charge >= 0.3 is 0 Å². The quantitative estimate of drug-likeness (QED) is 0.851. The minimum Gasteiger partial charge on any atom is -0.375 e. The third kappa shape index (κ3) is 2.93. The zero-order valence-corrected chi connectivity index (χ0v) is 13.2. The average molecular weight is 297 g/mol. The summed E-state index contributed by atoms with van der Waals surface area (Å²) in [6.45, 7) is 0.747. The van der Waals surface area contributed by atoms with E-state index in [-0.39, 0.29) is 11.5 Å². The highest BCUT2D eigenvalue weighted by atomic mass is 32.2. The Balaban J connectivity index is 1.68. The van der Waals surface area contributed by atoms with Crippen LogP contribution in [0.25, 0.3) is 0 Å². The van der Waals surface area contributed by atoms with Gasteiger partial charge in [0.2, 0.25) is 0 Å². The molecule has 0 aromatic heterocycles. The van der Waals surface area contributed by atoms with Gasteiger partial charge in [-0.1, -0.05) is 19.3 Å². The van der Waals surface area contributed by atoms with Crippen LogP contribution in [0.4, 0.5) is 0 Å². The van der Waals surface area contributed by atoms with Crippen LogP contribution < -0.4 is 5.73 Å². The molecule has 0 aromatic rings. The van der Waals surface area contributed by atoms with E-state index in [0.717, 1.165) is 58.0 Å². The van der Waals surface area contributed by atoms with Gasteiger partial charge in [0.05, 0.1) is 11.1 Å². The summed E-state index contributed by atoms with van der Waals surface area (Å²) in [5, 5.41) is 0. The fourth-order valence-electron chi connectivity index (χ4n) is 4.18. The predicted molar refractivity (Wildman–Crippen MR) is 83.0 cm³/mol. The Hall–Kier alpha value is -0.0600. The zero-order valence-electron chi connectivity index (χ0n) is 12.4. The van der Waals surface area contributed by atoms with Crippen molar-refractivity contribution in [1.29, 1.82) is 0 Å². The summed E-state index contributed by atoms with van der Waals surface area (Å²) in [7, 11) is 0. The molecule has 2 saturated heterocycles. The van der Waals surface area contributed by atoms with Crippen LogP contribution in [0.1, 0.15) is 57.8 Å². The fraction of sp³-hybridized carbons (Fsp3) is 0.938. The van der Waals surface area contributed by atoms with Crippen molar-refractivity contribution in [2.75, 3.05) is 18.1 Å². The van der Waals surface area contributed by atoms with E-state index < -0.39 is 5.54 Å². The molecule has 4 heteroatoms. The van der Waals surface area contributed by atoms with Crippen LogP contribution in [0, 0.1) is 5.92 Å². The van der Waals surface area contributed by atoms with E-state index in [1.807, 2.05) is 11.8 Å². The number of ether oxygens (including phenoxy) is 1. The highest BCUT2D eigenvalue weighted by molar-refractivity contribution is 7.99. The van der Waals surface area contributed by atoms with Crippen LogP contribution in [0.15, 0.2) is 0 Å². The minimum atomic E-state index is -0.523. The van der Waals surface area contributed by atoms with Crippen molar-refractivity contribution in [2.24, 2.45) is 11.7 Å². The molecule has 3 rings (SSSR count). The van der Waals surface area contributed by atoms with Gasteiger partial charge in [-0.3, -0.25) is 4.79 Å². The van der Waals surface area contributed by atoms with E-state index in [9.17, 15) is 4.79 Å². The summed E-state index contributed by atoms with van der Waals surface area (Å²) in [5.41, 5.74) is 5.93. The van der Waals surface area contributed by atoms with E-state index in [4.69, 9.17) is 10.5 Å². The van der Waals surface area contributed by atoms with Gasteiger partial charge in [-0.2, -0.15) is 11.8 Å². The monoisotopic (exact) mass is 297 g/mol. The standard InChI is InChI=1S/C16H27NO2S/c17-16(5-2-1-3-6-16)14(18)13-4-9-19-15(12-13)7-10-20-11-8-15/h13H,1-12,17H2. The number of hydrogen-bond acceptors (Lipinski definition) is 4. The van der Waals surface area contributed by atoms with Crippen LogP contribution in [-0.2, 0) is 9.53 Å². The van der Waals surface area contributed by atoms with Crippen molar-refractivity contribution in [2.45, 2.75) is 68.9 Å². The first-order valence-corrected chi connectivity index (χ1v) is 9.34. The van der Waals surface area contributed by atoms with Crippen molar-refractivity contribution in [3.8, 4) is 0 Å². The van der Waals surface area contributed by atoms with E-state index in [0.29, 0.717) is 5.78 Å². The molecule has 114 valence electrons. The topological polar surface area (TPSA) is 52.3 Å². The number of rotatable bonds is 2. The average Bonchev–Trinajstić information content (AvgIpc) is 2.48. The van der Waals surface area contributed by atoms with Gasteiger partial charge in [0.15, 0.2) is 5.78 Å². The molecular formula is C16H27NO2S. The summed E-state index contributed by atoms with van der Waals surface area (Å²) >= 11 is 2.01. The van der Waals surface area contributed by atoms with Gasteiger partial charge in [0.25, 0.3) is 0 Å². The van der Waals surface area contributed by atoms with Crippen LogP contribution in [0.5, 0.6) is 0 Å². The molecule has 3 nitrogen and oxygen atoms in total. The molecule has 1 atom stereocenters. The molecule has 0 bridgehead atoms. The Labute approximate surface area is 126 Å². The Morgan fingerprint density at radius 3 is 2.50 bits per heavy atom. The minimum absolute atomic E-state index is 0.00511. The van der Waals surface area contributed by atoms with Crippen molar-refractivity contribution in [1.82, 2.24) is 0 Å². The molecular weight excluding hydrogens is 270 g/mol. The SMILES string of the molecule is NC1(C(=O)C2CCOC3(CCSCC3)C2)CCCCC1. The summed E-state index contributed by atoms with van der Waals surface area (Å²) in [6, 6.07) is 0. The number of carbonyl (C=O) groups is 1. The number of Topliss-reactive ketones (excluding diaryl/α,β-unsaturated/α-hetero) is 1. The molecule has 1 unspecified atom stereocenters. The lowest BCUT2D eigenvalue weighted by Crippen LogP contribution is -2.55. The van der Waals surface area contributed by atoms with Crippen molar-refractivity contribution >= 4 is 17.5 Å². The maximum atomic E-state index is 12.9. The van der Waals surface area contributed by atoms with Gasteiger partial charge in [0.1, 0.15) is 0 Å². The van der Waals surface area contributed by atoms with Crippen molar-refractivity contribution in [3.05, 3.63) is 0 Å². The second-order valence-corrected chi connectivity index (χ2v) is 8.14. The second-order valence-electron chi connectivity index (χ2n) is 6.91. The van der Waals surface area contributed by atoms with Gasteiger partial charge in [0, 0.05) is 12.5 Å². The molecule has 2 aliphatic heterocycles. The Morgan fingerprint density at radius 2 is 1.80 bits per heavy atom. The third-order valence-corrected chi connectivity index (χ3v) is 6.49. The lowest BCUT2D eigenvalue weighted by molar-refractivity contribution is -0.144. The lowest BCUT2D eigenvalue weighted by Gasteiger charge is -2.45. The first-order valence-electron chi connectivity index (χ1n) is 8.19. The van der Waals surface area contributed by atoms with Crippen LogP contribution in [0.3, 0.4) is 0 Å². The van der Waals surface area contributed by atoms with Crippen molar-refractivity contribution in [3.63, 3.8) is 0 Å². The second kappa shape index (κ2) is 5.98. The zero-order chi connectivity index (χ0) is 14.1. The largest absolute Gasteiger partial charge is 0.375 e. The van der Waals surface area contributed by atoms with E-state index in [1.165, 1.54) is 17.9 Å². The summed E-state index contributed by atoms with van der Waals surface area (Å²) in [4.78, 5) is 12.9. The molecule has 1 saturated carbocycles. The van der Waals surface area contributed by atoms with E-state index in [2.05, 4.69) is 0 Å². The molecule has 0 amide bonds. The number of thioether (sulfide) groups is 1. The Bertz CT molecular complexity index is 354. The first-order chi connectivity index (χ1) is 9.64. The maximum absolute atomic E-state index is 12.9. The molecule has 0 aromatic carbocycles. The molecule has 2 heterocycles. The maximum Gasteiger partial charge on any atom is 0.155 e. The smallest absolute Gasteiger partial charge is 0.155 e. The van der Waals surface area contributed by atoms with Crippen LogP contribution >= 0.6 is 11.8 Å². The first kappa shape index (κ1) is 14.9. The lowest BCUT2D eigenvalue weighted by atomic mass is 9.71. The molecule has 20 heavy (non-hydrogen) atoms.